The van der Waals surface area contributed by atoms with Crippen LogP contribution >= 0.6 is 0 Å². The molecule has 1 aromatic carbocycles. The Hall–Kier alpha value is -1.88. The van der Waals surface area contributed by atoms with Gasteiger partial charge in [0.15, 0.2) is 11.6 Å². The molecule has 90 valence electrons. The van der Waals surface area contributed by atoms with E-state index in [0.29, 0.717) is 13.0 Å². The molecular weight excluding hydrogens is 221 g/mol. The van der Waals surface area contributed by atoms with Crippen LogP contribution in [0.5, 0.6) is 5.75 Å². The maximum atomic E-state index is 13.6. The van der Waals surface area contributed by atoms with Crippen LogP contribution in [0.25, 0.3) is 11.3 Å². The third-order valence-corrected chi connectivity index (χ3v) is 2.57. The van der Waals surface area contributed by atoms with E-state index < -0.39 is 5.82 Å². The Kier molecular flexibility index (Phi) is 3.39. The molecule has 0 amide bonds. The van der Waals surface area contributed by atoms with Crippen molar-refractivity contribution in [1.82, 2.24) is 10.2 Å². The third-order valence-electron chi connectivity index (χ3n) is 2.57. The average Bonchev–Trinajstić information content (AvgIpc) is 2.78. The number of methoxy groups -OCH3 is 1. The second-order valence-corrected chi connectivity index (χ2v) is 3.66. The van der Waals surface area contributed by atoms with Gasteiger partial charge in [-0.1, -0.05) is 0 Å². The number of nitrogens with one attached hydrogen (secondary N) is 1. The third kappa shape index (κ3) is 2.29. The van der Waals surface area contributed by atoms with E-state index in [0.717, 1.165) is 16.8 Å². The molecular formula is C12H14FN3O. The lowest BCUT2D eigenvalue weighted by Crippen LogP contribution is -2.02. The highest BCUT2D eigenvalue weighted by Crippen LogP contribution is 2.26. The van der Waals surface area contributed by atoms with E-state index in [2.05, 4.69) is 10.2 Å². The molecule has 0 atom stereocenters. The zero-order valence-electron chi connectivity index (χ0n) is 9.53. The molecule has 0 saturated heterocycles. The molecule has 0 aliphatic rings. The molecule has 0 saturated carbocycles. The SMILES string of the molecule is COc1ccc(-c2[nH]ncc2CCN)cc1F. The summed E-state index contributed by atoms with van der Waals surface area (Å²) in [5.74, 6) is -0.160. The first kappa shape index (κ1) is 11.6. The molecule has 3 N–H and O–H groups in total. The largest absolute Gasteiger partial charge is 0.494 e. The van der Waals surface area contributed by atoms with E-state index in [9.17, 15) is 4.39 Å². The minimum atomic E-state index is -0.390. The number of halogens is 1. The Bertz CT molecular complexity index is 510. The van der Waals surface area contributed by atoms with Crippen LogP contribution < -0.4 is 10.5 Å². The van der Waals surface area contributed by atoms with Gasteiger partial charge in [0.05, 0.1) is 19.0 Å². The first-order valence-electron chi connectivity index (χ1n) is 5.32. The first-order chi connectivity index (χ1) is 8.26. The van der Waals surface area contributed by atoms with Crippen LogP contribution in [-0.2, 0) is 6.42 Å². The molecule has 0 fully saturated rings. The van der Waals surface area contributed by atoms with Gasteiger partial charge in [0, 0.05) is 5.56 Å². The summed E-state index contributed by atoms with van der Waals surface area (Å²) in [5.41, 5.74) is 8.03. The summed E-state index contributed by atoms with van der Waals surface area (Å²) in [4.78, 5) is 0. The summed E-state index contributed by atoms with van der Waals surface area (Å²) in [6.45, 7) is 0.533. The second-order valence-electron chi connectivity index (χ2n) is 3.66. The van der Waals surface area contributed by atoms with Gasteiger partial charge >= 0.3 is 0 Å². The maximum absolute atomic E-state index is 13.6. The van der Waals surface area contributed by atoms with E-state index in [4.69, 9.17) is 10.5 Å². The number of benzene rings is 1. The predicted octanol–water partition coefficient (Wildman–Crippen LogP) is 1.73. The van der Waals surface area contributed by atoms with Gasteiger partial charge in [-0.2, -0.15) is 5.10 Å². The highest BCUT2D eigenvalue weighted by molar-refractivity contribution is 5.63. The molecule has 17 heavy (non-hydrogen) atoms. The zero-order chi connectivity index (χ0) is 12.3. The Labute approximate surface area is 98.6 Å². The van der Waals surface area contributed by atoms with E-state index in [1.807, 2.05) is 0 Å². The predicted molar refractivity (Wildman–Crippen MR) is 63.3 cm³/mol. The summed E-state index contributed by atoms with van der Waals surface area (Å²) < 4.78 is 18.5. The van der Waals surface area contributed by atoms with Crippen molar-refractivity contribution in [2.24, 2.45) is 5.73 Å². The summed E-state index contributed by atoms with van der Waals surface area (Å²) in [5, 5.41) is 6.81. The number of H-pyrrole nitrogens is 1. The quantitative estimate of drug-likeness (QED) is 0.848. The molecule has 5 heteroatoms. The van der Waals surface area contributed by atoms with E-state index >= 15 is 0 Å². The maximum Gasteiger partial charge on any atom is 0.165 e. The number of aromatic nitrogens is 2. The highest BCUT2D eigenvalue weighted by atomic mass is 19.1. The van der Waals surface area contributed by atoms with E-state index in [1.165, 1.54) is 13.2 Å². The number of nitrogens with zero attached hydrogens (tertiary/aromatic N) is 1. The lowest BCUT2D eigenvalue weighted by molar-refractivity contribution is 0.386. The summed E-state index contributed by atoms with van der Waals surface area (Å²) >= 11 is 0. The molecule has 0 spiro atoms. The van der Waals surface area contributed by atoms with Gasteiger partial charge in [-0.3, -0.25) is 5.10 Å². The first-order valence-corrected chi connectivity index (χ1v) is 5.32. The fourth-order valence-electron chi connectivity index (χ4n) is 1.73. The molecule has 0 radical (unpaired) electrons. The fourth-order valence-corrected chi connectivity index (χ4v) is 1.73. The molecule has 1 aromatic heterocycles. The molecule has 0 aliphatic heterocycles. The minimum Gasteiger partial charge on any atom is -0.494 e. The van der Waals surface area contributed by atoms with Crippen LogP contribution in [0.4, 0.5) is 4.39 Å². The van der Waals surface area contributed by atoms with Crippen LogP contribution in [0.2, 0.25) is 0 Å². The van der Waals surface area contributed by atoms with Crippen LogP contribution in [-0.4, -0.2) is 23.9 Å². The zero-order valence-corrected chi connectivity index (χ0v) is 9.53. The Balaban J connectivity index is 2.39. The van der Waals surface area contributed by atoms with Crippen molar-refractivity contribution >= 4 is 0 Å². The van der Waals surface area contributed by atoms with Crippen molar-refractivity contribution in [2.45, 2.75) is 6.42 Å². The standard InChI is InChI=1S/C12H14FN3O/c1-17-11-3-2-8(6-10(11)13)12-9(4-5-14)7-15-16-12/h2-3,6-7H,4-5,14H2,1H3,(H,15,16). The number of aromatic amines is 1. The van der Waals surface area contributed by atoms with Gasteiger partial charge in [-0.15, -0.1) is 0 Å². The fraction of sp³-hybridized carbons (Fsp3) is 0.250. The highest BCUT2D eigenvalue weighted by Gasteiger charge is 2.10. The van der Waals surface area contributed by atoms with Crippen molar-refractivity contribution in [3.63, 3.8) is 0 Å². The normalized spacial score (nSPS) is 10.5. The summed E-state index contributed by atoms with van der Waals surface area (Å²) in [7, 11) is 1.44. The summed E-state index contributed by atoms with van der Waals surface area (Å²) in [6.07, 6.45) is 2.42. The van der Waals surface area contributed by atoms with Crippen molar-refractivity contribution in [1.29, 1.82) is 0 Å². The Morgan fingerprint density at radius 3 is 2.94 bits per heavy atom. The van der Waals surface area contributed by atoms with Crippen LogP contribution in [0.3, 0.4) is 0 Å². The molecule has 0 aliphatic carbocycles. The minimum absolute atomic E-state index is 0.230. The molecule has 4 nitrogen and oxygen atoms in total. The van der Waals surface area contributed by atoms with E-state index in [1.54, 1.807) is 18.3 Å². The van der Waals surface area contributed by atoms with Gasteiger partial charge in [0.1, 0.15) is 0 Å². The van der Waals surface area contributed by atoms with E-state index in [-0.39, 0.29) is 5.75 Å². The smallest absolute Gasteiger partial charge is 0.165 e. The molecule has 2 rings (SSSR count). The number of hydrogen-bond acceptors (Lipinski definition) is 3. The average molecular weight is 235 g/mol. The molecule has 0 bridgehead atoms. The monoisotopic (exact) mass is 235 g/mol. The van der Waals surface area contributed by atoms with Gasteiger partial charge in [0.25, 0.3) is 0 Å². The van der Waals surface area contributed by atoms with Gasteiger partial charge in [-0.05, 0) is 36.7 Å². The topological polar surface area (TPSA) is 63.9 Å². The van der Waals surface area contributed by atoms with Crippen LogP contribution in [0.15, 0.2) is 24.4 Å². The number of nitrogens with two attached hydrogens (primary N) is 1. The van der Waals surface area contributed by atoms with Crippen molar-refractivity contribution < 1.29 is 9.13 Å². The van der Waals surface area contributed by atoms with Crippen molar-refractivity contribution in [2.75, 3.05) is 13.7 Å². The number of rotatable bonds is 4. The second kappa shape index (κ2) is 4.97. The van der Waals surface area contributed by atoms with Crippen molar-refractivity contribution in [3.05, 3.63) is 35.8 Å². The molecule has 1 heterocycles. The van der Waals surface area contributed by atoms with Gasteiger partial charge in [0.2, 0.25) is 0 Å². The van der Waals surface area contributed by atoms with Gasteiger partial charge in [-0.25, -0.2) is 4.39 Å². The molecule has 2 aromatic rings. The number of ether oxygens (including phenoxy) is 1. The number of hydrogen-bond donors (Lipinski definition) is 2. The summed E-state index contributed by atoms with van der Waals surface area (Å²) in [6, 6.07) is 4.81. The van der Waals surface area contributed by atoms with Crippen LogP contribution in [0, 0.1) is 5.82 Å². The lowest BCUT2D eigenvalue weighted by Gasteiger charge is -2.05. The lowest BCUT2D eigenvalue weighted by atomic mass is 10.1. The Morgan fingerprint density at radius 1 is 1.47 bits per heavy atom. The van der Waals surface area contributed by atoms with Gasteiger partial charge < -0.3 is 10.5 Å². The van der Waals surface area contributed by atoms with Crippen LogP contribution in [0.1, 0.15) is 5.56 Å². The van der Waals surface area contributed by atoms with Crippen molar-refractivity contribution in [3.8, 4) is 17.0 Å². The molecule has 0 unspecified atom stereocenters. The Morgan fingerprint density at radius 2 is 2.29 bits per heavy atom.